The highest BCUT2D eigenvalue weighted by atomic mass is 32.1. The van der Waals surface area contributed by atoms with E-state index in [0.29, 0.717) is 30.8 Å². The average Bonchev–Trinajstić information content (AvgIpc) is 3.25. The second-order valence-electron chi connectivity index (χ2n) is 7.95. The maximum absolute atomic E-state index is 12.9. The molecular formula is C26H21F3N2O4S. The number of rotatable bonds is 9. The number of carbonyl (C=O) groups is 2. The van der Waals surface area contributed by atoms with Crippen molar-refractivity contribution in [1.29, 1.82) is 0 Å². The van der Waals surface area contributed by atoms with Gasteiger partial charge in [0, 0.05) is 23.7 Å². The molecule has 36 heavy (non-hydrogen) atoms. The van der Waals surface area contributed by atoms with Crippen molar-refractivity contribution in [3.8, 4) is 11.5 Å². The van der Waals surface area contributed by atoms with Gasteiger partial charge in [0.25, 0.3) is 5.91 Å². The number of carbonyl (C=O) groups excluding carboxylic acids is 2. The molecule has 3 aromatic carbocycles. The fourth-order valence-corrected chi connectivity index (χ4v) is 4.49. The Bertz CT molecular complexity index is 1400. The van der Waals surface area contributed by atoms with Gasteiger partial charge >= 0.3 is 6.18 Å². The van der Waals surface area contributed by atoms with Crippen LogP contribution in [-0.4, -0.2) is 28.4 Å². The summed E-state index contributed by atoms with van der Waals surface area (Å²) in [5.74, 6) is 0.154. The Kier molecular flexibility index (Phi) is 7.66. The Morgan fingerprint density at radius 3 is 2.56 bits per heavy atom. The molecule has 0 radical (unpaired) electrons. The van der Waals surface area contributed by atoms with Gasteiger partial charge in [-0.2, -0.15) is 13.2 Å². The monoisotopic (exact) mass is 514 g/mol. The molecule has 4 aromatic rings. The van der Waals surface area contributed by atoms with Gasteiger partial charge in [0.2, 0.25) is 0 Å². The van der Waals surface area contributed by atoms with E-state index in [1.165, 1.54) is 35.6 Å². The Labute approximate surface area is 208 Å². The third kappa shape index (κ3) is 6.46. The van der Waals surface area contributed by atoms with E-state index >= 15 is 0 Å². The van der Waals surface area contributed by atoms with Crippen molar-refractivity contribution in [1.82, 2.24) is 4.98 Å². The van der Waals surface area contributed by atoms with Crippen LogP contribution < -0.4 is 10.1 Å². The zero-order valence-corrected chi connectivity index (χ0v) is 19.7. The first-order valence-corrected chi connectivity index (χ1v) is 11.8. The Morgan fingerprint density at radius 2 is 1.78 bits per heavy atom. The van der Waals surface area contributed by atoms with Gasteiger partial charge in [0.15, 0.2) is 5.78 Å². The van der Waals surface area contributed by atoms with E-state index in [0.717, 1.165) is 27.4 Å². The summed E-state index contributed by atoms with van der Waals surface area (Å²) in [4.78, 5) is 28.4. The van der Waals surface area contributed by atoms with E-state index in [9.17, 15) is 22.8 Å². The van der Waals surface area contributed by atoms with Crippen LogP contribution in [0.1, 0.15) is 33.8 Å². The number of ketones is 1. The van der Waals surface area contributed by atoms with Crippen LogP contribution in [0.4, 0.5) is 18.9 Å². The molecule has 2 N–H and O–H groups in total. The lowest BCUT2D eigenvalue weighted by Gasteiger charge is -2.11. The molecule has 0 unspecified atom stereocenters. The number of aliphatic hydroxyl groups excluding tert-OH is 1. The predicted octanol–water partition coefficient (Wildman–Crippen LogP) is 6.24. The fourth-order valence-electron chi connectivity index (χ4n) is 3.45. The van der Waals surface area contributed by atoms with Gasteiger partial charge < -0.3 is 15.2 Å². The lowest BCUT2D eigenvalue weighted by Crippen LogP contribution is -2.13. The topological polar surface area (TPSA) is 88.5 Å². The highest BCUT2D eigenvalue weighted by Gasteiger charge is 2.30. The number of thiazole rings is 1. The molecule has 0 fully saturated rings. The largest absolute Gasteiger partial charge is 0.457 e. The minimum Gasteiger partial charge on any atom is -0.457 e. The molecule has 6 nitrogen and oxygen atoms in total. The van der Waals surface area contributed by atoms with Gasteiger partial charge in [0.1, 0.15) is 18.1 Å². The molecule has 4 rings (SSSR count). The van der Waals surface area contributed by atoms with Crippen LogP contribution >= 0.6 is 11.3 Å². The zero-order chi connectivity index (χ0) is 25.7. The SMILES string of the molecule is O=C(CO)CCCc1nc2ccc(Oc3cccc(C(=O)Nc4cccc(C(F)(F)F)c4)c3)cc2s1. The normalized spacial score (nSPS) is 11.4. The van der Waals surface area contributed by atoms with E-state index in [1.807, 2.05) is 12.1 Å². The van der Waals surface area contributed by atoms with Crippen LogP contribution in [0.15, 0.2) is 66.7 Å². The molecule has 0 saturated heterocycles. The number of aliphatic hydroxyl groups is 1. The number of halogens is 3. The minimum absolute atomic E-state index is 0.0355. The number of amides is 1. The summed E-state index contributed by atoms with van der Waals surface area (Å²) >= 11 is 1.48. The van der Waals surface area contributed by atoms with E-state index in [2.05, 4.69) is 10.3 Å². The highest BCUT2D eigenvalue weighted by Crippen LogP contribution is 2.32. The minimum atomic E-state index is -4.51. The van der Waals surface area contributed by atoms with Crippen LogP contribution in [-0.2, 0) is 17.4 Å². The standard InChI is InChI=1S/C26H21F3N2O4S/c27-26(28,29)17-5-2-6-18(13-17)30-25(34)16-4-1-8-20(12-16)35-21-10-11-22-23(14-21)36-24(31-22)9-3-7-19(33)15-32/h1-2,4-6,8,10-14,32H,3,7,9,15H2,(H,30,34). The number of nitrogens with zero attached hydrogens (tertiary/aromatic N) is 1. The first-order chi connectivity index (χ1) is 17.2. The van der Waals surface area contributed by atoms with Crippen LogP contribution in [0.2, 0.25) is 0 Å². The molecule has 10 heteroatoms. The molecule has 186 valence electrons. The summed E-state index contributed by atoms with van der Waals surface area (Å²) in [6.07, 6.45) is -2.96. The number of nitrogens with one attached hydrogen (secondary N) is 1. The molecule has 0 bridgehead atoms. The summed E-state index contributed by atoms with van der Waals surface area (Å²) in [6.45, 7) is -0.450. The molecular weight excluding hydrogens is 493 g/mol. The van der Waals surface area contributed by atoms with Crippen molar-refractivity contribution in [2.45, 2.75) is 25.4 Å². The van der Waals surface area contributed by atoms with E-state index in [1.54, 1.807) is 18.2 Å². The van der Waals surface area contributed by atoms with Crippen LogP contribution in [0.3, 0.4) is 0 Å². The van der Waals surface area contributed by atoms with Gasteiger partial charge in [-0.15, -0.1) is 11.3 Å². The number of aryl methyl sites for hydroxylation is 1. The second-order valence-corrected chi connectivity index (χ2v) is 9.07. The van der Waals surface area contributed by atoms with E-state index in [-0.39, 0.29) is 17.0 Å². The average molecular weight is 515 g/mol. The zero-order valence-electron chi connectivity index (χ0n) is 18.8. The molecule has 1 aromatic heterocycles. The number of hydrogen-bond acceptors (Lipinski definition) is 6. The molecule has 0 aliphatic heterocycles. The van der Waals surface area contributed by atoms with Gasteiger partial charge in [0.05, 0.1) is 20.8 Å². The molecule has 0 aliphatic carbocycles. The fraction of sp³-hybridized carbons (Fsp3) is 0.192. The third-order valence-electron chi connectivity index (χ3n) is 5.21. The van der Waals surface area contributed by atoms with Crippen molar-refractivity contribution in [2.75, 3.05) is 11.9 Å². The van der Waals surface area contributed by atoms with Crippen molar-refractivity contribution in [3.05, 3.63) is 82.9 Å². The summed E-state index contributed by atoms with van der Waals surface area (Å²) in [5, 5.41) is 12.2. The molecule has 0 spiro atoms. The first kappa shape index (κ1) is 25.3. The van der Waals surface area contributed by atoms with Crippen LogP contribution in [0, 0.1) is 0 Å². The van der Waals surface area contributed by atoms with Crippen LogP contribution in [0.25, 0.3) is 10.2 Å². The number of hydrogen-bond donors (Lipinski definition) is 2. The van der Waals surface area contributed by atoms with Crippen molar-refractivity contribution < 1.29 is 32.6 Å². The van der Waals surface area contributed by atoms with Gasteiger partial charge in [-0.3, -0.25) is 9.59 Å². The molecule has 1 amide bonds. The third-order valence-corrected chi connectivity index (χ3v) is 6.28. The number of aromatic nitrogens is 1. The highest BCUT2D eigenvalue weighted by molar-refractivity contribution is 7.18. The van der Waals surface area contributed by atoms with Crippen molar-refractivity contribution in [3.63, 3.8) is 0 Å². The van der Waals surface area contributed by atoms with Gasteiger partial charge in [-0.25, -0.2) is 4.98 Å². The Morgan fingerprint density at radius 1 is 1.00 bits per heavy atom. The predicted molar refractivity (Wildman–Crippen MR) is 131 cm³/mol. The Hall–Kier alpha value is -3.76. The maximum atomic E-state index is 12.9. The number of alkyl halides is 3. The number of fused-ring (bicyclic) bond motifs is 1. The van der Waals surface area contributed by atoms with Crippen LogP contribution in [0.5, 0.6) is 11.5 Å². The first-order valence-electron chi connectivity index (χ1n) is 11.0. The lowest BCUT2D eigenvalue weighted by atomic mass is 10.1. The smallest absolute Gasteiger partial charge is 0.416 e. The van der Waals surface area contributed by atoms with E-state index < -0.39 is 24.3 Å². The maximum Gasteiger partial charge on any atom is 0.416 e. The second kappa shape index (κ2) is 10.9. The molecule has 0 saturated carbocycles. The molecule has 0 aliphatic rings. The molecule has 1 heterocycles. The van der Waals surface area contributed by atoms with Crippen molar-refractivity contribution in [2.24, 2.45) is 0 Å². The lowest BCUT2D eigenvalue weighted by molar-refractivity contribution is -0.137. The number of Topliss-reactive ketones (excluding diaryl/α,β-unsaturated/α-hetero) is 1. The summed E-state index contributed by atoms with van der Waals surface area (Å²) in [6, 6.07) is 16.1. The number of ether oxygens (including phenoxy) is 1. The molecule has 0 atom stereocenters. The van der Waals surface area contributed by atoms with E-state index in [4.69, 9.17) is 9.84 Å². The van der Waals surface area contributed by atoms with Gasteiger partial charge in [-0.1, -0.05) is 12.1 Å². The Balaban J connectivity index is 1.43. The van der Waals surface area contributed by atoms with Gasteiger partial charge in [-0.05, 0) is 61.4 Å². The quantitative estimate of drug-likeness (QED) is 0.276. The summed E-state index contributed by atoms with van der Waals surface area (Å²) in [5.41, 5.74) is 0.208. The van der Waals surface area contributed by atoms with Crippen molar-refractivity contribution >= 4 is 38.9 Å². The summed E-state index contributed by atoms with van der Waals surface area (Å²) < 4.78 is 45.6. The number of benzene rings is 3. The number of anilines is 1. The summed E-state index contributed by atoms with van der Waals surface area (Å²) in [7, 11) is 0.